The molecule has 1 aromatic carbocycles. The molecule has 0 atom stereocenters. The van der Waals surface area contributed by atoms with Gasteiger partial charge in [-0.05, 0) is 26.0 Å². The van der Waals surface area contributed by atoms with Crippen molar-refractivity contribution in [3.05, 3.63) is 29.6 Å². The zero-order chi connectivity index (χ0) is 15.5. The number of rotatable bonds is 5. The number of hydrogen-bond donors (Lipinski definition) is 3. The van der Waals surface area contributed by atoms with E-state index < -0.39 is 21.9 Å². The zero-order valence-corrected chi connectivity index (χ0v) is 12.1. The molecule has 0 amide bonds. The Morgan fingerprint density at radius 1 is 1.50 bits per heavy atom. The van der Waals surface area contributed by atoms with E-state index in [0.29, 0.717) is 0 Å². The number of nitrogens with two attached hydrogens (primary N) is 1. The first-order valence-corrected chi connectivity index (χ1v) is 7.17. The predicted octanol–water partition coefficient (Wildman–Crippen LogP) is 0.917. The Labute approximate surface area is 117 Å². The van der Waals surface area contributed by atoms with Gasteiger partial charge in [0.25, 0.3) is 0 Å². The number of halogens is 1. The van der Waals surface area contributed by atoms with Gasteiger partial charge in [-0.25, -0.2) is 4.39 Å². The lowest BCUT2D eigenvalue weighted by molar-refractivity contribution is 0.318. The van der Waals surface area contributed by atoms with E-state index in [1.165, 1.54) is 19.2 Å². The lowest BCUT2D eigenvalue weighted by atomic mass is 10.1. The van der Waals surface area contributed by atoms with E-state index in [4.69, 9.17) is 10.9 Å². The Kier molecular flexibility index (Phi) is 4.90. The number of oxime groups is 1. The highest BCUT2D eigenvalue weighted by atomic mass is 32.2. The van der Waals surface area contributed by atoms with Crippen molar-refractivity contribution in [1.82, 2.24) is 4.31 Å². The van der Waals surface area contributed by atoms with Crippen molar-refractivity contribution in [1.29, 1.82) is 0 Å². The Hall–Kier alpha value is -1.87. The third-order valence-electron chi connectivity index (χ3n) is 2.72. The van der Waals surface area contributed by atoms with Gasteiger partial charge in [0.15, 0.2) is 5.84 Å². The van der Waals surface area contributed by atoms with Crippen LogP contribution in [0.1, 0.15) is 19.4 Å². The van der Waals surface area contributed by atoms with Crippen LogP contribution in [0, 0.1) is 5.82 Å². The largest absolute Gasteiger partial charge is 0.409 e. The highest BCUT2D eigenvalue weighted by Crippen LogP contribution is 2.21. The number of benzene rings is 1. The van der Waals surface area contributed by atoms with Crippen LogP contribution >= 0.6 is 0 Å². The molecule has 1 aromatic rings. The van der Waals surface area contributed by atoms with Crippen LogP contribution in [-0.4, -0.2) is 36.9 Å². The summed E-state index contributed by atoms with van der Waals surface area (Å²) >= 11 is 0. The van der Waals surface area contributed by atoms with E-state index in [1.54, 1.807) is 13.8 Å². The number of amidine groups is 1. The smallest absolute Gasteiger partial charge is 0.301 e. The molecule has 9 heteroatoms. The molecular formula is C11H17FN4O3S. The maximum absolute atomic E-state index is 13.7. The SMILES string of the molecule is CC(C)N(C)S(=O)(=O)Nc1cccc(F)c1C(N)=NO. The molecule has 7 nitrogen and oxygen atoms in total. The monoisotopic (exact) mass is 304 g/mol. The normalized spacial score (nSPS) is 13.0. The second kappa shape index (κ2) is 6.06. The molecule has 0 aliphatic rings. The molecule has 112 valence electrons. The Morgan fingerprint density at radius 3 is 2.60 bits per heavy atom. The van der Waals surface area contributed by atoms with Gasteiger partial charge in [-0.2, -0.15) is 12.7 Å². The first kappa shape index (κ1) is 16.2. The molecule has 1 rings (SSSR count). The van der Waals surface area contributed by atoms with E-state index in [2.05, 4.69) is 9.88 Å². The summed E-state index contributed by atoms with van der Waals surface area (Å²) in [5.74, 6) is -1.32. The van der Waals surface area contributed by atoms with Crippen LogP contribution in [0.2, 0.25) is 0 Å². The van der Waals surface area contributed by atoms with Crippen molar-refractivity contribution in [2.75, 3.05) is 11.8 Å². The average Bonchev–Trinajstić information content (AvgIpc) is 2.36. The number of hydrogen-bond acceptors (Lipinski definition) is 4. The fraction of sp³-hybridized carbons (Fsp3) is 0.364. The van der Waals surface area contributed by atoms with Gasteiger partial charge in [-0.1, -0.05) is 11.2 Å². The van der Waals surface area contributed by atoms with Gasteiger partial charge >= 0.3 is 10.2 Å². The van der Waals surface area contributed by atoms with E-state index in [-0.39, 0.29) is 17.3 Å². The van der Waals surface area contributed by atoms with Crippen LogP contribution in [0.25, 0.3) is 0 Å². The molecule has 0 unspecified atom stereocenters. The second-order valence-corrected chi connectivity index (χ2v) is 6.09. The summed E-state index contributed by atoms with van der Waals surface area (Å²) in [5.41, 5.74) is 4.95. The van der Waals surface area contributed by atoms with Gasteiger partial charge in [-0.3, -0.25) is 4.72 Å². The van der Waals surface area contributed by atoms with Gasteiger partial charge in [-0.15, -0.1) is 0 Å². The molecule has 20 heavy (non-hydrogen) atoms. The zero-order valence-electron chi connectivity index (χ0n) is 11.3. The Balaban J connectivity index is 3.27. The Morgan fingerprint density at radius 2 is 2.10 bits per heavy atom. The first-order chi connectivity index (χ1) is 9.20. The summed E-state index contributed by atoms with van der Waals surface area (Å²) in [4.78, 5) is 0. The molecule has 4 N–H and O–H groups in total. The summed E-state index contributed by atoms with van der Waals surface area (Å²) in [5, 5.41) is 11.3. The lowest BCUT2D eigenvalue weighted by Crippen LogP contribution is -2.38. The van der Waals surface area contributed by atoms with Crippen LogP contribution in [0.15, 0.2) is 23.4 Å². The van der Waals surface area contributed by atoms with E-state index in [9.17, 15) is 12.8 Å². The van der Waals surface area contributed by atoms with Crippen LogP contribution in [0.3, 0.4) is 0 Å². The van der Waals surface area contributed by atoms with Gasteiger partial charge < -0.3 is 10.9 Å². The van der Waals surface area contributed by atoms with Crippen LogP contribution < -0.4 is 10.5 Å². The van der Waals surface area contributed by atoms with Gasteiger partial charge in [0.1, 0.15) is 5.82 Å². The van der Waals surface area contributed by atoms with Crippen molar-refractivity contribution < 1.29 is 18.0 Å². The van der Waals surface area contributed by atoms with E-state index in [0.717, 1.165) is 10.4 Å². The van der Waals surface area contributed by atoms with E-state index >= 15 is 0 Å². The molecule has 0 saturated heterocycles. The minimum Gasteiger partial charge on any atom is -0.409 e. The average molecular weight is 304 g/mol. The second-order valence-electron chi connectivity index (χ2n) is 4.36. The third kappa shape index (κ3) is 3.36. The topological polar surface area (TPSA) is 108 Å². The van der Waals surface area contributed by atoms with Crippen molar-refractivity contribution in [3.63, 3.8) is 0 Å². The molecule has 0 bridgehead atoms. The predicted molar refractivity (Wildman–Crippen MR) is 74.4 cm³/mol. The summed E-state index contributed by atoms with van der Waals surface area (Å²) in [6, 6.07) is 3.43. The number of nitrogens with zero attached hydrogens (tertiary/aromatic N) is 2. The maximum Gasteiger partial charge on any atom is 0.301 e. The molecule has 0 heterocycles. The number of anilines is 1. The maximum atomic E-state index is 13.7. The lowest BCUT2D eigenvalue weighted by Gasteiger charge is -2.22. The summed E-state index contributed by atoms with van der Waals surface area (Å²) < 4.78 is 41.1. The third-order valence-corrected chi connectivity index (χ3v) is 4.38. The highest BCUT2D eigenvalue weighted by molar-refractivity contribution is 7.90. The fourth-order valence-electron chi connectivity index (χ4n) is 1.41. The standard InChI is InChI=1S/C11H17FN4O3S/c1-7(2)16(3)20(18,19)15-9-6-4-5-8(12)10(9)11(13)14-17/h4-7,15,17H,1-3H3,(H2,13,14). The molecule has 0 spiro atoms. The van der Waals surface area contributed by atoms with E-state index in [1.807, 2.05) is 0 Å². The van der Waals surface area contributed by atoms with Gasteiger partial charge in [0.05, 0.1) is 11.3 Å². The molecule has 0 saturated carbocycles. The molecule has 0 aliphatic heterocycles. The summed E-state index contributed by atoms with van der Waals surface area (Å²) in [6.45, 7) is 3.38. The molecule has 0 aromatic heterocycles. The highest BCUT2D eigenvalue weighted by Gasteiger charge is 2.23. The van der Waals surface area contributed by atoms with Crippen LogP contribution in [0.5, 0.6) is 0 Å². The van der Waals surface area contributed by atoms with Crippen molar-refractivity contribution in [2.24, 2.45) is 10.9 Å². The van der Waals surface area contributed by atoms with Crippen LogP contribution in [0.4, 0.5) is 10.1 Å². The Bertz CT molecular complexity index is 616. The van der Waals surface area contributed by atoms with Crippen LogP contribution in [-0.2, 0) is 10.2 Å². The fourth-order valence-corrected chi connectivity index (χ4v) is 2.56. The van der Waals surface area contributed by atoms with Gasteiger partial charge in [0.2, 0.25) is 0 Å². The van der Waals surface area contributed by atoms with Crippen molar-refractivity contribution in [3.8, 4) is 0 Å². The van der Waals surface area contributed by atoms with Crippen molar-refractivity contribution >= 4 is 21.7 Å². The minimum absolute atomic E-state index is 0.104. The molecule has 0 radical (unpaired) electrons. The quantitative estimate of drug-likeness (QED) is 0.325. The molecule has 0 fully saturated rings. The number of nitrogens with one attached hydrogen (secondary N) is 1. The summed E-state index contributed by atoms with van der Waals surface area (Å²) in [6.07, 6.45) is 0. The minimum atomic E-state index is -3.87. The molecule has 0 aliphatic carbocycles. The van der Waals surface area contributed by atoms with Crippen molar-refractivity contribution in [2.45, 2.75) is 19.9 Å². The first-order valence-electron chi connectivity index (χ1n) is 5.73. The molecular weight excluding hydrogens is 287 g/mol. The van der Waals surface area contributed by atoms with Gasteiger partial charge in [0, 0.05) is 13.1 Å². The summed E-state index contributed by atoms with van der Waals surface area (Å²) in [7, 11) is -2.48.